The number of ether oxygens (including phenoxy) is 1. The molecule has 0 aliphatic carbocycles. The van der Waals surface area contributed by atoms with Crippen molar-refractivity contribution in [3.63, 3.8) is 0 Å². The van der Waals surface area contributed by atoms with Crippen molar-refractivity contribution in [2.75, 3.05) is 45.9 Å². The van der Waals surface area contributed by atoms with Gasteiger partial charge in [-0.05, 0) is 51.7 Å². The molecule has 0 aromatic carbocycles. The van der Waals surface area contributed by atoms with Gasteiger partial charge in [-0.2, -0.15) is 5.26 Å². The van der Waals surface area contributed by atoms with Gasteiger partial charge in [0.1, 0.15) is 11.4 Å². The average molecular weight is 402 g/mol. The summed E-state index contributed by atoms with van der Waals surface area (Å²) in [5.41, 5.74) is -0.704. The predicted octanol–water partition coefficient (Wildman–Crippen LogP) is 2.46. The number of allylic oxidation sites excluding steroid dienone is 2. The van der Waals surface area contributed by atoms with Crippen LogP contribution in [0, 0.1) is 17.2 Å². The van der Waals surface area contributed by atoms with Crippen LogP contribution in [-0.4, -0.2) is 72.4 Å². The number of nitriles is 1. The van der Waals surface area contributed by atoms with Crippen molar-refractivity contribution in [3.8, 4) is 6.07 Å². The fourth-order valence-corrected chi connectivity index (χ4v) is 5.03. The highest BCUT2D eigenvalue weighted by Gasteiger charge is 2.45. The van der Waals surface area contributed by atoms with Crippen molar-refractivity contribution in [3.05, 3.63) is 24.0 Å². The molecule has 3 aliphatic rings. The van der Waals surface area contributed by atoms with Gasteiger partial charge in [0, 0.05) is 51.4 Å². The smallest absolute Gasteiger partial charge is 0.142 e. The van der Waals surface area contributed by atoms with Gasteiger partial charge in [-0.1, -0.05) is 19.9 Å². The van der Waals surface area contributed by atoms with Gasteiger partial charge in [0.05, 0.1) is 11.7 Å². The van der Waals surface area contributed by atoms with E-state index in [9.17, 15) is 5.26 Å². The van der Waals surface area contributed by atoms with Gasteiger partial charge in [0.15, 0.2) is 0 Å². The molecule has 3 rings (SSSR count). The number of rotatable bonds is 6. The number of nitrogens with one attached hydrogen (secondary N) is 2. The van der Waals surface area contributed by atoms with E-state index in [4.69, 9.17) is 4.74 Å². The van der Waals surface area contributed by atoms with Gasteiger partial charge < -0.3 is 20.3 Å². The Bertz CT molecular complexity index is 671. The Morgan fingerprint density at radius 2 is 1.97 bits per heavy atom. The molecular weight excluding hydrogens is 362 g/mol. The molecule has 2 atom stereocenters. The third kappa shape index (κ3) is 5.53. The number of dihydropyridines is 1. The zero-order chi connectivity index (χ0) is 21.1. The Kier molecular flexibility index (Phi) is 6.62. The van der Waals surface area contributed by atoms with Crippen LogP contribution in [-0.2, 0) is 4.74 Å². The van der Waals surface area contributed by atoms with Crippen molar-refractivity contribution in [1.82, 2.24) is 20.4 Å². The zero-order valence-corrected chi connectivity index (χ0v) is 18.9. The van der Waals surface area contributed by atoms with Gasteiger partial charge >= 0.3 is 0 Å². The fraction of sp³-hybridized carbons (Fsp3) is 0.783. The fourth-order valence-electron chi connectivity index (χ4n) is 5.03. The average Bonchev–Trinajstić information content (AvgIpc) is 2.66. The van der Waals surface area contributed by atoms with Crippen LogP contribution in [0.25, 0.3) is 0 Å². The second-order valence-electron chi connectivity index (χ2n) is 10.2. The minimum Gasteiger partial charge on any atom is -0.375 e. The highest BCUT2D eigenvalue weighted by Crippen LogP contribution is 2.37. The maximum absolute atomic E-state index is 9.45. The standard InChI is InChI=1S/C23H39N5O/c1-19(2)15-27-10-12-28(13-11-27)23(9-14-29-21(3,4)16-23)18-25-20-7-6-8-22(5,17-24)26-20/h6-8,19,25-26H,9-16,18H2,1-5H3. The maximum Gasteiger partial charge on any atom is 0.142 e. The largest absolute Gasteiger partial charge is 0.375 e. The van der Waals surface area contributed by atoms with Crippen molar-refractivity contribution in [1.29, 1.82) is 5.26 Å². The van der Waals surface area contributed by atoms with E-state index in [1.807, 2.05) is 25.2 Å². The molecule has 2 fully saturated rings. The van der Waals surface area contributed by atoms with Gasteiger partial charge in [-0.15, -0.1) is 0 Å². The number of nitrogens with zero attached hydrogens (tertiary/aromatic N) is 3. The van der Waals surface area contributed by atoms with E-state index >= 15 is 0 Å². The molecular formula is C23H39N5O. The molecule has 6 heteroatoms. The molecule has 0 saturated carbocycles. The van der Waals surface area contributed by atoms with Crippen LogP contribution in [0.15, 0.2) is 24.0 Å². The molecule has 2 saturated heterocycles. The zero-order valence-electron chi connectivity index (χ0n) is 18.9. The summed E-state index contributed by atoms with van der Waals surface area (Å²) in [5.74, 6) is 1.64. The predicted molar refractivity (Wildman–Crippen MR) is 117 cm³/mol. The molecule has 2 unspecified atom stereocenters. The summed E-state index contributed by atoms with van der Waals surface area (Å²) >= 11 is 0. The quantitative estimate of drug-likeness (QED) is 0.713. The van der Waals surface area contributed by atoms with Crippen LogP contribution in [0.4, 0.5) is 0 Å². The molecule has 3 aliphatic heterocycles. The van der Waals surface area contributed by atoms with Gasteiger partial charge in [-0.25, -0.2) is 0 Å². The third-order valence-corrected chi connectivity index (χ3v) is 6.41. The molecule has 0 aromatic heterocycles. The third-order valence-electron chi connectivity index (χ3n) is 6.41. The second-order valence-corrected chi connectivity index (χ2v) is 10.2. The molecule has 162 valence electrons. The SMILES string of the molecule is CC(C)CN1CCN(C2(CNC3=CC=CC(C)(C#N)N3)CCOC(C)(C)C2)CC1. The Hall–Kier alpha value is -1.55. The van der Waals surface area contributed by atoms with Gasteiger partial charge in [0.25, 0.3) is 0 Å². The van der Waals surface area contributed by atoms with Gasteiger partial charge in [-0.3, -0.25) is 4.90 Å². The first-order valence-corrected chi connectivity index (χ1v) is 11.1. The lowest BCUT2D eigenvalue weighted by atomic mass is 9.79. The minimum atomic E-state index is -0.651. The summed E-state index contributed by atoms with van der Waals surface area (Å²) in [5, 5.41) is 16.4. The lowest BCUT2D eigenvalue weighted by Crippen LogP contribution is -2.65. The monoisotopic (exact) mass is 401 g/mol. The Labute approximate surface area is 176 Å². The Morgan fingerprint density at radius 3 is 2.59 bits per heavy atom. The normalized spacial score (nSPS) is 33.1. The van der Waals surface area contributed by atoms with Crippen LogP contribution >= 0.6 is 0 Å². The Morgan fingerprint density at radius 1 is 1.24 bits per heavy atom. The molecule has 0 aromatic rings. The molecule has 3 heterocycles. The number of hydrogen-bond acceptors (Lipinski definition) is 6. The lowest BCUT2D eigenvalue weighted by molar-refractivity contribution is -0.126. The van der Waals surface area contributed by atoms with E-state index in [1.54, 1.807) is 0 Å². The summed E-state index contributed by atoms with van der Waals surface area (Å²) in [7, 11) is 0. The molecule has 0 spiro atoms. The maximum atomic E-state index is 9.45. The number of piperazine rings is 1. The van der Waals surface area contributed by atoms with E-state index < -0.39 is 5.54 Å². The first-order chi connectivity index (χ1) is 13.7. The molecule has 29 heavy (non-hydrogen) atoms. The lowest BCUT2D eigenvalue weighted by Gasteiger charge is -2.53. The first-order valence-electron chi connectivity index (χ1n) is 11.1. The molecule has 6 nitrogen and oxygen atoms in total. The van der Waals surface area contributed by atoms with Crippen LogP contribution in [0.5, 0.6) is 0 Å². The van der Waals surface area contributed by atoms with Gasteiger partial charge in [0.2, 0.25) is 0 Å². The van der Waals surface area contributed by atoms with Crippen LogP contribution in [0.1, 0.15) is 47.5 Å². The highest BCUT2D eigenvalue weighted by molar-refractivity contribution is 5.30. The van der Waals surface area contributed by atoms with Crippen molar-refractivity contribution in [2.24, 2.45) is 5.92 Å². The van der Waals surface area contributed by atoms with E-state index in [1.165, 1.54) is 6.54 Å². The molecule has 0 bridgehead atoms. The topological polar surface area (TPSA) is 63.6 Å². The highest BCUT2D eigenvalue weighted by atomic mass is 16.5. The van der Waals surface area contributed by atoms with Crippen LogP contribution in [0.2, 0.25) is 0 Å². The van der Waals surface area contributed by atoms with Crippen molar-refractivity contribution >= 4 is 0 Å². The molecule has 0 amide bonds. The summed E-state index contributed by atoms with van der Waals surface area (Å²) in [6, 6.07) is 2.34. The van der Waals surface area contributed by atoms with E-state index in [-0.39, 0.29) is 11.1 Å². The van der Waals surface area contributed by atoms with Crippen LogP contribution < -0.4 is 10.6 Å². The van der Waals surface area contributed by atoms with E-state index in [0.717, 1.165) is 58.0 Å². The second kappa shape index (κ2) is 8.67. The van der Waals surface area contributed by atoms with E-state index in [2.05, 4.69) is 54.2 Å². The summed E-state index contributed by atoms with van der Waals surface area (Å²) < 4.78 is 6.08. The summed E-state index contributed by atoms with van der Waals surface area (Å²) in [6.07, 6.45) is 7.94. The van der Waals surface area contributed by atoms with Crippen molar-refractivity contribution in [2.45, 2.75) is 64.1 Å². The minimum absolute atomic E-state index is 0.0679. The summed E-state index contributed by atoms with van der Waals surface area (Å²) in [6.45, 7) is 18.2. The summed E-state index contributed by atoms with van der Waals surface area (Å²) in [4.78, 5) is 5.30. The molecule has 2 N–H and O–H groups in total. The Balaban J connectivity index is 1.70. The number of hydrogen-bond donors (Lipinski definition) is 2. The van der Waals surface area contributed by atoms with E-state index in [0.29, 0.717) is 5.92 Å². The van der Waals surface area contributed by atoms with Crippen molar-refractivity contribution < 1.29 is 4.74 Å². The first kappa shape index (κ1) is 22.1. The molecule has 0 radical (unpaired) electrons. The van der Waals surface area contributed by atoms with Crippen LogP contribution in [0.3, 0.4) is 0 Å².